The standard InChI is InChI=1S/C24H34FN3O/c1-19(2)15-26-16-24(29)28(22-7-4-3-5-8-22)18-23-9-6-14-27(23)17-20-10-12-21(25)13-11-20/h6,9-14,19,22,26H,3-5,7-8,15-18H2,1-2H3. The molecule has 1 aliphatic carbocycles. The average Bonchev–Trinajstić information content (AvgIpc) is 3.15. The van der Waals surface area contributed by atoms with E-state index in [0.717, 1.165) is 30.6 Å². The molecule has 2 aromatic rings. The summed E-state index contributed by atoms with van der Waals surface area (Å²) in [6, 6.07) is 11.1. The first-order chi connectivity index (χ1) is 14.0. The number of hydrogen-bond donors (Lipinski definition) is 1. The highest BCUT2D eigenvalue weighted by Crippen LogP contribution is 2.24. The van der Waals surface area contributed by atoms with Gasteiger partial charge in [-0.05, 0) is 55.1 Å². The fourth-order valence-electron chi connectivity index (χ4n) is 4.09. The SMILES string of the molecule is CC(C)CNCC(=O)N(Cc1cccn1Cc1ccc(F)cc1)C1CCCCC1. The van der Waals surface area contributed by atoms with Gasteiger partial charge in [-0.25, -0.2) is 4.39 Å². The van der Waals surface area contributed by atoms with Crippen LogP contribution in [0.5, 0.6) is 0 Å². The third-order valence-electron chi connectivity index (χ3n) is 5.69. The fourth-order valence-corrected chi connectivity index (χ4v) is 4.09. The van der Waals surface area contributed by atoms with E-state index in [2.05, 4.69) is 34.7 Å². The van der Waals surface area contributed by atoms with E-state index in [1.54, 1.807) is 0 Å². The van der Waals surface area contributed by atoms with Crippen molar-refractivity contribution in [1.82, 2.24) is 14.8 Å². The molecule has 0 saturated heterocycles. The van der Waals surface area contributed by atoms with Crippen LogP contribution in [0.4, 0.5) is 4.39 Å². The number of benzene rings is 1. The van der Waals surface area contributed by atoms with Crippen molar-refractivity contribution in [2.24, 2.45) is 5.92 Å². The maximum atomic E-state index is 13.2. The number of nitrogens with one attached hydrogen (secondary N) is 1. The van der Waals surface area contributed by atoms with Gasteiger partial charge in [-0.15, -0.1) is 0 Å². The Balaban J connectivity index is 1.70. The molecule has 0 unspecified atom stereocenters. The molecule has 0 bridgehead atoms. The van der Waals surface area contributed by atoms with E-state index in [-0.39, 0.29) is 11.7 Å². The summed E-state index contributed by atoms with van der Waals surface area (Å²) in [4.78, 5) is 15.2. The molecule has 1 saturated carbocycles. The fraction of sp³-hybridized carbons (Fsp3) is 0.542. The Bertz CT molecular complexity index is 763. The van der Waals surface area contributed by atoms with Gasteiger partial charge in [0.05, 0.1) is 13.1 Å². The Hall–Kier alpha value is -2.14. The van der Waals surface area contributed by atoms with Crippen LogP contribution in [0, 0.1) is 11.7 Å². The smallest absolute Gasteiger partial charge is 0.237 e. The van der Waals surface area contributed by atoms with Gasteiger partial charge in [-0.1, -0.05) is 45.2 Å². The molecule has 0 atom stereocenters. The van der Waals surface area contributed by atoms with E-state index in [0.29, 0.717) is 31.6 Å². The van der Waals surface area contributed by atoms with Crippen LogP contribution in [0.3, 0.4) is 0 Å². The zero-order valence-electron chi connectivity index (χ0n) is 17.7. The van der Waals surface area contributed by atoms with Crippen molar-refractivity contribution in [3.05, 3.63) is 59.7 Å². The summed E-state index contributed by atoms with van der Waals surface area (Å²) < 4.78 is 15.4. The molecule has 0 radical (unpaired) electrons. The minimum absolute atomic E-state index is 0.187. The predicted octanol–water partition coefficient (Wildman–Crippen LogP) is 4.58. The summed E-state index contributed by atoms with van der Waals surface area (Å²) >= 11 is 0. The molecule has 1 aromatic heterocycles. The van der Waals surface area contributed by atoms with Crippen molar-refractivity contribution in [2.45, 2.75) is 65.1 Å². The molecule has 0 spiro atoms. The first-order valence-corrected chi connectivity index (χ1v) is 10.9. The third-order valence-corrected chi connectivity index (χ3v) is 5.69. The summed E-state index contributed by atoms with van der Waals surface area (Å²) in [7, 11) is 0. The van der Waals surface area contributed by atoms with Crippen LogP contribution in [0.1, 0.15) is 57.2 Å². The first kappa shape index (κ1) is 21.6. The van der Waals surface area contributed by atoms with Crippen molar-refractivity contribution in [2.75, 3.05) is 13.1 Å². The van der Waals surface area contributed by atoms with E-state index in [4.69, 9.17) is 0 Å². The predicted molar refractivity (Wildman–Crippen MR) is 115 cm³/mol. The average molecular weight is 400 g/mol. The maximum absolute atomic E-state index is 13.2. The minimum atomic E-state index is -0.218. The Kier molecular flexibility index (Phi) is 7.87. The summed E-state index contributed by atoms with van der Waals surface area (Å²) in [5.41, 5.74) is 2.18. The van der Waals surface area contributed by atoms with E-state index >= 15 is 0 Å². The van der Waals surface area contributed by atoms with Gasteiger partial charge in [0.1, 0.15) is 5.82 Å². The number of carbonyl (C=O) groups is 1. The monoisotopic (exact) mass is 399 g/mol. The summed E-state index contributed by atoms with van der Waals surface area (Å²) in [5.74, 6) is 0.496. The van der Waals surface area contributed by atoms with Crippen molar-refractivity contribution in [1.29, 1.82) is 0 Å². The number of halogens is 1. The molecule has 1 aliphatic rings. The number of hydrogen-bond acceptors (Lipinski definition) is 2. The molecule has 3 rings (SSSR count). The highest BCUT2D eigenvalue weighted by Gasteiger charge is 2.26. The number of rotatable bonds is 9. The van der Waals surface area contributed by atoms with E-state index in [1.807, 2.05) is 24.4 Å². The largest absolute Gasteiger partial charge is 0.345 e. The minimum Gasteiger partial charge on any atom is -0.345 e. The molecule has 1 heterocycles. The highest BCUT2D eigenvalue weighted by atomic mass is 19.1. The van der Waals surface area contributed by atoms with Gasteiger partial charge in [0.15, 0.2) is 0 Å². The lowest BCUT2D eigenvalue weighted by molar-refractivity contribution is -0.134. The van der Waals surface area contributed by atoms with Crippen molar-refractivity contribution in [3.63, 3.8) is 0 Å². The Morgan fingerprint density at radius 2 is 1.90 bits per heavy atom. The summed E-state index contributed by atoms with van der Waals surface area (Å²) in [6.45, 7) is 6.86. The number of amides is 1. The molecule has 29 heavy (non-hydrogen) atoms. The van der Waals surface area contributed by atoms with Gasteiger partial charge in [-0.3, -0.25) is 4.79 Å². The van der Waals surface area contributed by atoms with Crippen LogP contribution < -0.4 is 5.32 Å². The first-order valence-electron chi connectivity index (χ1n) is 10.9. The van der Waals surface area contributed by atoms with Gasteiger partial charge in [0.2, 0.25) is 5.91 Å². The van der Waals surface area contributed by atoms with Gasteiger partial charge in [0, 0.05) is 24.5 Å². The highest BCUT2D eigenvalue weighted by molar-refractivity contribution is 5.78. The number of aromatic nitrogens is 1. The Morgan fingerprint density at radius 3 is 2.59 bits per heavy atom. The molecular formula is C24H34FN3O. The van der Waals surface area contributed by atoms with Crippen LogP contribution in [-0.4, -0.2) is 34.5 Å². The molecular weight excluding hydrogens is 365 g/mol. The van der Waals surface area contributed by atoms with Gasteiger partial charge in [-0.2, -0.15) is 0 Å². The lowest BCUT2D eigenvalue weighted by atomic mass is 9.94. The molecule has 158 valence electrons. The van der Waals surface area contributed by atoms with Crippen LogP contribution in [-0.2, 0) is 17.9 Å². The second-order valence-electron chi connectivity index (χ2n) is 8.59. The van der Waals surface area contributed by atoms with Crippen LogP contribution in [0.2, 0.25) is 0 Å². The van der Waals surface area contributed by atoms with Gasteiger partial charge < -0.3 is 14.8 Å². The van der Waals surface area contributed by atoms with Crippen molar-refractivity contribution in [3.8, 4) is 0 Å². The molecule has 4 nitrogen and oxygen atoms in total. The zero-order chi connectivity index (χ0) is 20.6. The molecule has 1 aromatic carbocycles. The lowest BCUT2D eigenvalue weighted by Gasteiger charge is -2.35. The van der Waals surface area contributed by atoms with Crippen LogP contribution >= 0.6 is 0 Å². The molecule has 0 aliphatic heterocycles. The number of nitrogens with zero attached hydrogens (tertiary/aromatic N) is 2. The van der Waals surface area contributed by atoms with Gasteiger partial charge >= 0.3 is 0 Å². The summed E-state index contributed by atoms with van der Waals surface area (Å²) in [6.07, 6.45) is 7.89. The Morgan fingerprint density at radius 1 is 1.17 bits per heavy atom. The van der Waals surface area contributed by atoms with Crippen molar-refractivity contribution < 1.29 is 9.18 Å². The van der Waals surface area contributed by atoms with Crippen LogP contribution in [0.25, 0.3) is 0 Å². The third kappa shape index (κ3) is 6.43. The maximum Gasteiger partial charge on any atom is 0.237 e. The Labute approximate surface area is 174 Å². The second kappa shape index (κ2) is 10.6. The van der Waals surface area contributed by atoms with E-state index in [9.17, 15) is 9.18 Å². The second-order valence-corrected chi connectivity index (χ2v) is 8.59. The lowest BCUT2D eigenvalue weighted by Crippen LogP contribution is -2.45. The normalized spacial score (nSPS) is 15.0. The summed E-state index contributed by atoms with van der Waals surface area (Å²) in [5, 5.41) is 3.31. The molecule has 1 amide bonds. The van der Waals surface area contributed by atoms with Crippen molar-refractivity contribution >= 4 is 5.91 Å². The molecule has 1 N–H and O–H groups in total. The topological polar surface area (TPSA) is 37.3 Å². The number of carbonyl (C=O) groups excluding carboxylic acids is 1. The molecule has 5 heteroatoms. The molecule has 1 fully saturated rings. The van der Waals surface area contributed by atoms with Crippen LogP contribution in [0.15, 0.2) is 42.6 Å². The van der Waals surface area contributed by atoms with E-state index < -0.39 is 0 Å². The zero-order valence-corrected chi connectivity index (χ0v) is 17.7. The van der Waals surface area contributed by atoms with E-state index in [1.165, 1.54) is 31.4 Å². The quantitative estimate of drug-likeness (QED) is 0.670. The van der Waals surface area contributed by atoms with Gasteiger partial charge in [0.25, 0.3) is 0 Å².